The van der Waals surface area contributed by atoms with E-state index in [0.717, 1.165) is 31.2 Å². The van der Waals surface area contributed by atoms with Crippen LogP contribution in [0.15, 0.2) is 24.3 Å². The lowest BCUT2D eigenvalue weighted by Gasteiger charge is -2.31. The smallest absolute Gasteiger partial charge is 0.119 e. The van der Waals surface area contributed by atoms with Crippen molar-refractivity contribution < 1.29 is 4.74 Å². The maximum Gasteiger partial charge on any atom is 0.119 e. The molecule has 0 heterocycles. The number of hydrogen-bond acceptors (Lipinski definition) is 2. The molecule has 0 spiro atoms. The molecule has 1 saturated carbocycles. The van der Waals surface area contributed by atoms with E-state index in [4.69, 9.17) is 4.74 Å². The van der Waals surface area contributed by atoms with Gasteiger partial charge in [-0.2, -0.15) is 0 Å². The Morgan fingerprint density at radius 1 is 1.14 bits per heavy atom. The first kappa shape index (κ1) is 16.4. The van der Waals surface area contributed by atoms with E-state index in [1.54, 1.807) is 0 Å². The van der Waals surface area contributed by atoms with Gasteiger partial charge in [-0.1, -0.05) is 45.2 Å². The molecule has 0 amide bonds. The van der Waals surface area contributed by atoms with Crippen LogP contribution in [0.4, 0.5) is 0 Å². The zero-order chi connectivity index (χ0) is 14.9. The first-order valence-corrected chi connectivity index (χ1v) is 8.81. The molecule has 2 heteroatoms. The molecule has 0 bridgehead atoms. The van der Waals surface area contributed by atoms with Gasteiger partial charge in [-0.15, -0.1) is 0 Å². The van der Waals surface area contributed by atoms with Crippen LogP contribution in [0.5, 0.6) is 5.75 Å². The minimum absolute atomic E-state index is 0.496. The number of nitrogens with one attached hydrogen (secondary N) is 1. The first-order valence-electron chi connectivity index (χ1n) is 8.81. The lowest BCUT2D eigenvalue weighted by Crippen LogP contribution is -2.30. The van der Waals surface area contributed by atoms with Crippen molar-refractivity contribution in [2.24, 2.45) is 5.92 Å². The van der Waals surface area contributed by atoms with Crippen LogP contribution in [0.3, 0.4) is 0 Å². The summed E-state index contributed by atoms with van der Waals surface area (Å²) in [5.41, 5.74) is 1.41. The normalized spacial score (nSPS) is 17.6. The van der Waals surface area contributed by atoms with Crippen LogP contribution in [0.25, 0.3) is 0 Å². The number of ether oxygens (including phenoxy) is 1. The van der Waals surface area contributed by atoms with Gasteiger partial charge < -0.3 is 10.1 Å². The van der Waals surface area contributed by atoms with Crippen molar-refractivity contribution in [2.45, 2.75) is 64.8 Å². The number of benzene rings is 1. The Labute approximate surface area is 130 Å². The van der Waals surface area contributed by atoms with E-state index in [1.165, 1.54) is 44.1 Å². The third kappa shape index (κ3) is 5.03. The predicted octanol–water partition coefficient (Wildman–Crippen LogP) is 5.10. The van der Waals surface area contributed by atoms with Crippen LogP contribution in [0, 0.1) is 5.92 Å². The minimum atomic E-state index is 0.496. The predicted molar refractivity (Wildman–Crippen MR) is 89.8 cm³/mol. The van der Waals surface area contributed by atoms with Gasteiger partial charge in [-0.25, -0.2) is 0 Å². The largest absolute Gasteiger partial charge is 0.494 e. The van der Waals surface area contributed by atoms with Crippen molar-refractivity contribution in [1.82, 2.24) is 5.32 Å². The molecule has 1 aromatic carbocycles. The SMILES string of the molecule is CCCNC(c1cccc(OCCC)c1)C1CCCCC1. The van der Waals surface area contributed by atoms with Gasteiger partial charge in [-0.3, -0.25) is 0 Å². The molecule has 1 unspecified atom stereocenters. The molecule has 21 heavy (non-hydrogen) atoms. The number of hydrogen-bond donors (Lipinski definition) is 1. The van der Waals surface area contributed by atoms with E-state index in [2.05, 4.69) is 43.4 Å². The topological polar surface area (TPSA) is 21.3 Å². The Bertz CT molecular complexity index is 398. The molecule has 0 radical (unpaired) electrons. The number of rotatable bonds is 8. The summed E-state index contributed by atoms with van der Waals surface area (Å²) in [6, 6.07) is 9.23. The van der Waals surface area contributed by atoms with Crippen molar-refractivity contribution in [3.8, 4) is 5.75 Å². The Balaban J connectivity index is 2.10. The molecule has 0 aromatic heterocycles. The van der Waals surface area contributed by atoms with Crippen LogP contribution in [-0.2, 0) is 0 Å². The third-order valence-electron chi connectivity index (χ3n) is 4.43. The van der Waals surface area contributed by atoms with E-state index < -0.39 is 0 Å². The Kier molecular flexibility index (Phi) is 7.08. The maximum atomic E-state index is 5.81. The van der Waals surface area contributed by atoms with Crippen molar-refractivity contribution >= 4 is 0 Å². The van der Waals surface area contributed by atoms with E-state index in [9.17, 15) is 0 Å². The van der Waals surface area contributed by atoms with Gasteiger partial charge in [0.05, 0.1) is 6.61 Å². The summed E-state index contributed by atoms with van der Waals surface area (Å²) >= 11 is 0. The van der Waals surface area contributed by atoms with Gasteiger partial charge in [0.15, 0.2) is 0 Å². The Morgan fingerprint density at radius 2 is 1.95 bits per heavy atom. The summed E-state index contributed by atoms with van der Waals surface area (Å²) < 4.78 is 5.81. The summed E-state index contributed by atoms with van der Waals surface area (Å²) in [6.07, 6.45) is 9.17. The highest BCUT2D eigenvalue weighted by Crippen LogP contribution is 2.35. The van der Waals surface area contributed by atoms with E-state index >= 15 is 0 Å². The van der Waals surface area contributed by atoms with Crippen LogP contribution in [0.2, 0.25) is 0 Å². The summed E-state index contributed by atoms with van der Waals surface area (Å²) in [5.74, 6) is 1.81. The van der Waals surface area contributed by atoms with Crippen LogP contribution < -0.4 is 10.1 Å². The summed E-state index contributed by atoms with van der Waals surface area (Å²) in [6.45, 7) is 6.30. The fourth-order valence-electron chi connectivity index (χ4n) is 3.34. The van der Waals surface area contributed by atoms with E-state index in [0.29, 0.717) is 6.04 Å². The highest BCUT2D eigenvalue weighted by atomic mass is 16.5. The Morgan fingerprint density at radius 3 is 2.67 bits per heavy atom. The van der Waals surface area contributed by atoms with Crippen LogP contribution >= 0.6 is 0 Å². The fourth-order valence-corrected chi connectivity index (χ4v) is 3.34. The van der Waals surface area contributed by atoms with Crippen molar-refractivity contribution in [2.75, 3.05) is 13.2 Å². The van der Waals surface area contributed by atoms with E-state index in [1.807, 2.05) is 0 Å². The average molecular weight is 289 g/mol. The van der Waals surface area contributed by atoms with Crippen molar-refractivity contribution in [3.05, 3.63) is 29.8 Å². The second-order valence-electron chi connectivity index (χ2n) is 6.25. The molecule has 0 aliphatic heterocycles. The van der Waals surface area contributed by atoms with E-state index in [-0.39, 0.29) is 0 Å². The van der Waals surface area contributed by atoms with Gasteiger partial charge in [0.2, 0.25) is 0 Å². The van der Waals surface area contributed by atoms with Crippen molar-refractivity contribution in [1.29, 1.82) is 0 Å². The lowest BCUT2D eigenvalue weighted by molar-refractivity contribution is 0.270. The third-order valence-corrected chi connectivity index (χ3v) is 4.43. The molecule has 118 valence electrons. The maximum absolute atomic E-state index is 5.81. The molecular weight excluding hydrogens is 258 g/mol. The molecule has 1 N–H and O–H groups in total. The van der Waals surface area contributed by atoms with Gasteiger partial charge in [0, 0.05) is 6.04 Å². The lowest BCUT2D eigenvalue weighted by atomic mass is 9.81. The highest BCUT2D eigenvalue weighted by molar-refractivity contribution is 5.31. The monoisotopic (exact) mass is 289 g/mol. The molecule has 2 nitrogen and oxygen atoms in total. The molecule has 1 aromatic rings. The van der Waals surface area contributed by atoms with Gasteiger partial charge in [-0.05, 0) is 55.8 Å². The summed E-state index contributed by atoms with van der Waals surface area (Å²) in [7, 11) is 0. The Hall–Kier alpha value is -1.02. The molecule has 2 rings (SSSR count). The fraction of sp³-hybridized carbons (Fsp3) is 0.684. The zero-order valence-corrected chi connectivity index (χ0v) is 13.7. The molecule has 1 atom stereocenters. The second-order valence-corrected chi connectivity index (χ2v) is 6.25. The molecule has 0 saturated heterocycles. The summed E-state index contributed by atoms with van der Waals surface area (Å²) in [4.78, 5) is 0. The van der Waals surface area contributed by atoms with Crippen LogP contribution in [0.1, 0.15) is 70.4 Å². The first-order chi connectivity index (χ1) is 10.3. The van der Waals surface area contributed by atoms with Gasteiger partial charge >= 0.3 is 0 Å². The molecule has 1 fully saturated rings. The van der Waals surface area contributed by atoms with Crippen molar-refractivity contribution in [3.63, 3.8) is 0 Å². The zero-order valence-electron chi connectivity index (χ0n) is 13.7. The van der Waals surface area contributed by atoms with Crippen LogP contribution in [-0.4, -0.2) is 13.2 Å². The van der Waals surface area contributed by atoms with Gasteiger partial charge in [0.1, 0.15) is 5.75 Å². The minimum Gasteiger partial charge on any atom is -0.494 e. The van der Waals surface area contributed by atoms with Gasteiger partial charge in [0.25, 0.3) is 0 Å². The molecule has 1 aliphatic rings. The highest BCUT2D eigenvalue weighted by Gasteiger charge is 2.24. The average Bonchev–Trinajstić information content (AvgIpc) is 2.55. The molecule has 1 aliphatic carbocycles. The summed E-state index contributed by atoms with van der Waals surface area (Å²) in [5, 5.41) is 3.78. The second kappa shape index (κ2) is 9.09. The molecular formula is C19H31NO. The standard InChI is InChI=1S/C19H31NO/c1-3-13-20-19(16-9-6-5-7-10-16)17-11-8-12-18(15-17)21-14-4-2/h8,11-12,15-16,19-20H,3-7,9-10,13-14H2,1-2H3. The quantitative estimate of drug-likeness (QED) is 0.719.